The molecule has 0 aliphatic carbocycles. The lowest BCUT2D eigenvalue weighted by atomic mass is 10.2. The maximum absolute atomic E-state index is 11.7. The smallest absolute Gasteiger partial charge is 0.213 e. The molecule has 0 bridgehead atoms. The number of hydrogen-bond donors (Lipinski definition) is 2. The highest BCUT2D eigenvalue weighted by molar-refractivity contribution is 14.0. The molecule has 25 heavy (non-hydrogen) atoms. The lowest BCUT2D eigenvalue weighted by Gasteiger charge is -2.30. The van der Waals surface area contributed by atoms with Crippen LogP contribution in [0.25, 0.3) is 0 Å². The highest BCUT2D eigenvalue weighted by atomic mass is 127. The average molecular weight is 491 g/mol. The molecular formula is C16H38IN5O2S. The SMILES string of the molecule is CCS(=O)(=O)N(C)CCCNC(=NC)NCCN(C(C)C)C(C)C.I. The van der Waals surface area contributed by atoms with Gasteiger partial charge in [0, 0.05) is 52.4 Å². The molecule has 2 N–H and O–H groups in total. The zero-order chi connectivity index (χ0) is 18.8. The van der Waals surface area contributed by atoms with Crippen molar-refractivity contribution in [2.24, 2.45) is 4.99 Å². The molecular weight excluding hydrogens is 453 g/mol. The molecule has 0 amide bonds. The Labute approximate surface area is 172 Å². The Morgan fingerprint density at radius 1 is 1.04 bits per heavy atom. The van der Waals surface area contributed by atoms with Crippen LogP contribution in [0.5, 0.6) is 0 Å². The van der Waals surface area contributed by atoms with Crippen LogP contribution in [0.1, 0.15) is 41.0 Å². The minimum Gasteiger partial charge on any atom is -0.356 e. The average Bonchev–Trinajstić information content (AvgIpc) is 2.52. The molecule has 0 heterocycles. The summed E-state index contributed by atoms with van der Waals surface area (Å²) in [6.45, 7) is 13.4. The molecule has 9 heteroatoms. The Balaban J connectivity index is 0. The van der Waals surface area contributed by atoms with E-state index in [0.29, 0.717) is 25.2 Å². The normalized spacial score (nSPS) is 12.8. The number of aliphatic imine (C=N–C) groups is 1. The monoisotopic (exact) mass is 491 g/mol. The fraction of sp³-hybridized carbons (Fsp3) is 0.938. The first kappa shape index (κ1) is 27.1. The summed E-state index contributed by atoms with van der Waals surface area (Å²) in [4.78, 5) is 6.62. The number of nitrogens with zero attached hydrogens (tertiary/aromatic N) is 3. The summed E-state index contributed by atoms with van der Waals surface area (Å²) in [5.41, 5.74) is 0. The first-order chi connectivity index (χ1) is 11.2. The fourth-order valence-electron chi connectivity index (χ4n) is 2.50. The molecule has 0 atom stereocenters. The first-order valence-corrected chi connectivity index (χ1v) is 10.4. The molecule has 0 aliphatic rings. The van der Waals surface area contributed by atoms with Crippen LogP contribution in [0, 0.1) is 0 Å². The van der Waals surface area contributed by atoms with Gasteiger partial charge in [-0.25, -0.2) is 12.7 Å². The van der Waals surface area contributed by atoms with Gasteiger partial charge >= 0.3 is 0 Å². The largest absolute Gasteiger partial charge is 0.356 e. The molecule has 0 aromatic carbocycles. The van der Waals surface area contributed by atoms with Crippen molar-refractivity contribution in [2.45, 2.75) is 53.1 Å². The van der Waals surface area contributed by atoms with Gasteiger partial charge in [0.25, 0.3) is 0 Å². The molecule has 0 saturated carbocycles. The Kier molecular flexibility index (Phi) is 15.2. The van der Waals surface area contributed by atoms with Crippen LogP contribution in [0.4, 0.5) is 0 Å². The van der Waals surface area contributed by atoms with E-state index < -0.39 is 10.0 Å². The molecule has 7 nitrogen and oxygen atoms in total. The maximum Gasteiger partial charge on any atom is 0.213 e. The van der Waals surface area contributed by atoms with Crippen LogP contribution < -0.4 is 10.6 Å². The molecule has 0 radical (unpaired) electrons. The zero-order valence-corrected chi connectivity index (χ0v) is 20.0. The molecule has 0 spiro atoms. The van der Waals surface area contributed by atoms with Crippen molar-refractivity contribution >= 4 is 40.0 Å². The highest BCUT2D eigenvalue weighted by Crippen LogP contribution is 2.03. The standard InChI is InChI=1S/C16H37N5O2S.HI/c1-8-24(22,23)20(7)12-9-10-18-16(17-6)19-11-13-21(14(2)3)15(4)5;/h14-15H,8-13H2,1-7H3,(H2,17,18,19);1H. The molecule has 0 rings (SSSR count). The minimum atomic E-state index is -3.09. The van der Waals surface area contributed by atoms with Crippen molar-refractivity contribution < 1.29 is 8.42 Å². The van der Waals surface area contributed by atoms with Crippen molar-refractivity contribution in [1.29, 1.82) is 0 Å². The number of hydrogen-bond acceptors (Lipinski definition) is 4. The molecule has 0 aliphatic heterocycles. The number of nitrogens with one attached hydrogen (secondary N) is 2. The van der Waals surface area contributed by atoms with Crippen molar-refractivity contribution in [3.63, 3.8) is 0 Å². The van der Waals surface area contributed by atoms with Gasteiger partial charge in [0.15, 0.2) is 5.96 Å². The summed E-state index contributed by atoms with van der Waals surface area (Å²) in [5, 5.41) is 6.53. The number of sulfonamides is 1. The summed E-state index contributed by atoms with van der Waals surface area (Å²) < 4.78 is 24.7. The summed E-state index contributed by atoms with van der Waals surface area (Å²) in [5.74, 6) is 0.894. The van der Waals surface area contributed by atoms with Gasteiger partial charge in [-0.2, -0.15) is 0 Å². The van der Waals surface area contributed by atoms with E-state index in [1.165, 1.54) is 4.31 Å². The molecule has 152 valence electrons. The van der Waals surface area contributed by atoms with Crippen molar-refractivity contribution in [3.8, 4) is 0 Å². The molecule has 0 aromatic heterocycles. The van der Waals surface area contributed by atoms with E-state index in [1.54, 1.807) is 21.0 Å². The predicted molar refractivity (Wildman–Crippen MR) is 118 cm³/mol. The Morgan fingerprint density at radius 3 is 2.00 bits per heavy atom. The third-order valence-corrected chi connectivity index (χ3v) is 5.86. The van der Waals surface area contributed by atoms with Gasteiger partial charge in [0.1, 0.15) is 0 Å². The second-order valence-electron chi connectivity index (χ2n) is 6.43. The number of halogens is 1. The second kappa shape index (κ2) is 14.0. The minimum absolute atomic E-state index is 0. The van der Waals surface area contributed by atoms with E-state index in [9.17, 15) is 8.42 Å². The van der Waals surface area contributed by atoms with E-state index in [1.807, 2.05) is 0 Å². The van der Waals surface area contributed by atoms with Gasteiger partial charge in [-0.15, -0.1) is 24.0 Å². The van der Waals surface area contributed by atoms with Crippen molar-refractivity contribution in [3.05, 3.63) is 0 Å². The van der Waals surface area contributed by atoms with Crippen LogP contribution in [0.2, 0.25) is 0 Å². The summed E-state index contributed by atoms with van der Waals surface area (Å²) >= 11 is 0. The third-order valence-electron chi connectivity index (χ3n) is 3.99. The maximum atomic E-state index is 11.7. The van der Waals surface area contributed by atoms with Gasteiger partial charge in [0.2, 0.25) is 10.0 Å². The van der Waals surface area contributed by atoms with Crippen LogP contribution in [-0.4, -0.2) is 81.7 Å². The summed E-state index contributed by atoms with van der Waals surface area (Å²) in [6, 6.07) is 1.02. The van der Waals surface area contributed by atoms with Crippen molar-refractivity contribution in [1.82, 2.24) is 19.8 Å². The summed E-state index contributed by atoms with van der Waals surface area (Å²) in [7, 11) is 0.275. The van der Waals surface area contributed by atoms with Crippen LogP contribution in [0.15, 0.2) is 4.99 Å². The van der Waals surface area contributed by atoms with E-state index in [4.69, 9.17) is 0 Å². The third kappa shape index (κ3) is 11.2. The van der Waals surface area contributed by atoms with Crippen LogP contribution >= 0.6 is 24.0 Å². The Hall–Kier alpha value is -0.130. The topological polar surface area (TPSA) is 77.0 Å². The zero-order valence-electron chi connectivity index (χ0n) is 16.9. The molecule has 0 saturated heterocycles. The van der Waals surface area contributed by atoms with Crippen LogP contribution in [-0.2, 0) is 10.0 Å². The van der Waals surface area contributed by atoms with Crippen LogP contribution in [0.3, 0.4) is 0 Å². The fourth-order valence-corrected chi connectivity index (χ4v) is 3.35. The van der Waals surface area contributed by atoms with E-state index in [-0.39, 0.29) is 29.7 Å². The molecule has 0 unspecified atom stereocenters. The van der Waals surface area contributed by atoms with Crippen molar-refractivity contribution in [2.75, 3.05) is 46.0 Å². The Bertz CT molecular complexity index is 461. The molecule has 0 aromatic rings. The quantitative estimate of drug-likeness (QED) is 0.199. The van der Waals surface area contributed by atoms with E-state index in [0.717, 1.165) is 25.5 Å². The van der Waals surface area contributed by atoms with Gasteiger partial charge < -0.3 is 10.6 Å². The lowest BCUT2D eigenvalue weighted by Crippen LogP contribution is -2.45. The number of rotatable bonds is 11. The highest BCUT2D eigenvalue weighted by Gasteiger charge is 2.14. The van der Waals surface area contributed by atoms with Gasteiger partial charge in [-0.05, 0) is 41.0 Å². The second-order valence-corrected chi connectivity index (χ2v) is 8.79. The first-order valence-electron chi connectivity index (χ1n) is 8.80. The van der Waals surface area contributed by atoms with Gasteiger partial charge in [-0.1, -0.05) is 0 Å². The van der Waals surface area contributed by atoms with E-state index >= 15 is 0 Å². The van der Waals surface area contributed by atoms with Gasteiger partial charge in [-0.3, -0.25) is 9.89 Å². The van der Waals surface area contributed by atoms with Gasteiger partial charge in [0.05, 0.1) is 5.75 Å². The summed E-state index contributed by atoms with van der Waals surface area (Å²) in [6.07, 6.45) is 0.737. The molecule has 0 fully saturated rings. The Morgan fingerprint density at radius 2 is 1.56 bits per heavy atom. The lowest BCUT2D eigenvalue weighted by molar-refractivity contribution is 0.178. The van der Waals surface area contributed by atoms with E-state index in [2.05, 4.69) is 48.2 Å². The predicted octanol–water partition coefficient (Wildman–Crippen LogP) is 1.56. The number of guanidine groups is 1.